The number of nitrogens with zero attached hydrogens (tertiary/aromatic N) is 2. The fraction of sp³-hybridized carbons (Fsp3) is 0.350. The number of aromatic nitrogens is 2. The maximum Gasteiger partial charge on any atom is 0.0645 e. The van der Waals surface area contributed by atoms with Crippen molar-refractivity contribution in [1.82, 2.24) is 14.9 Å². The largest absolute Gasteiger partial charge is 0.344 e. The van der Waals surface area contributed by atoms with Crippen molar-refractivity contribution >= 4 is 10.9 Å². The molecule has 3 nitrogen and oxygen atoms in total. The van der Waals surface area contributed by atoms with Crippen LogP contribution in [0.4, 0.5) is 0 Å². The molecule has 1 aliphatic heterocycles. The molecule has 0 bridgehead atoms. The highest BCUT2D eigenvalue weighted by Crippen LogP contribution is 2.29. The van der Waals surface area contributed by atoms with Gasteiger partial charge in [0.05, 0.1) is 4.11 Å². The summed E-state index contributed by atoms with van der Waals surface area (Å²) in [6, 6.07) is 3.37. The molecular weight excluding hydrogens is 282 g/mol. The van der Waals surface area contributed by atoms with Crippen LogP contribution in [-0.4, -0.2) is 16.1 Å². The van der Waals surface area contributed by atoms with Crippen molar-refractivity contribution in [2.45, 2.75) is 39.7 Å². The van der Waals surface area contributed by atoms with Gasteiger partial charge in [0.15, 0.2) is 0 Å². The molecule has 0 saturated heterocycles. The van der Waals surface area contributed by atoms with Gasteiger partial charge >= 0.3 is 0 Å². The number of rotatable bonds is 3. The lowest BCUT2D eigenvalue weighted by Gasteiger charge is -2.17. The van der Waals surface area contributed by atoms with Crippen LogP contribution in [0.25, 0.3) is 10.9 Å². The molecule has 1 N–H and O–H groups in total. The van der Waals surface area contributed by atoms with E-state index >= 15 is 0 Å². The summed E-state index contributed by atoms with van der Waals surface area (Å²) < 4.78 is 50.8. The number of aryl methyl sites for hydroxylation is 3. The van der Waals surface area contributed by atoms with Gasteiger partial charge < -0.3 is 9.88 Å². The fourth-order valence-electron chi connectivity index (χ4n) is 3.29. The van der Waals surface area contributed by atoms with E-state index in [1.807, 2.05) is 29.8 Å². The van der Waals surface area contributed by atoms with Crippen LogP contribution in [0, 0.1) is 13.8 Å². The Morgan fingerprint density at radius 2 is 2.35 bits per heavy atom. The SMILES string of the molecule is [2H]c1c(C([2H])([2H])[2H])c([2H])c2c3c(n(CCc4ccc(C)nc4)c2c1[2H])CCNC3. The first-order chi connectivity index (χ1) is 13.7. The van der Waals surface area contributed by atoms with Crippen LogP contribution in [0.2, 0.25) is 0 Å². The van der Waals surface area contributed by atoms with Crippen LogP contribution < -0.4 is 5.32 Å². The Bertz CT molecular complexity index is 1080. The highest BCUT2D eigenvalue weighted by atomic mass is 15.0. The monoisotopic (exact) mass is 311 g/mol. The number of nitrogens with one attached hydrogen (secondary N) is 1. The number of fused-ring (bicyclic) bond motifs is 3. The minimum absolute atomic E-state index is 0.112. The molecule has 4 rings (SSSR count). The van der Waals surface area contributed by atoms with Crippen molar-refractivity contribution in [3.8, 4) is 0 Å². The zero-order valence-corrected chi connectivity index (χ0v) is 13.2. The summed E-state index contributed by atoms with van der Waals surface area (Å²) in [4.78, 5) is 4.33. The van der Waals surface area contributed by atoms with Gasteiger partial charge in [-0.2, -0.15) is 0 Å². The number of benzene rings is 1. The van der Waals surface area contributed by atoms with E-state index < -0.39 is 6.85 Å². The molecule has 0 aliphatic carbocycles. The van der Waals surface area contributed by atoms with E-state index in [1.165, 1.54) is 0 Å². The summed E-state index contributed by atoms with van der Waals surface area (Å²) >= 11 is 0. The molecule has 3 aromatic rings. The number of hydrogen-bond acceptors (Lipinski definition) is 2. The minimum Gasteiger partial charge on any atom is -0.344 e. The van der Waals surface area contributed by atoms with Gasteiger partial charge in [0.25, 0.3) is 0 Å². The van der Waals surface area contributed by atoms with Crippen LogP contribution in [-0.2, 0) is 25.9 Å². The van der Waals surface area contributed by atoms with Crippen molar-refractivity contribution < 1.29 is 8.22 Å². The quantitative estimate of drug-likeness (QED) is 0.802. The fourth-order valence-corrected chi connectivity index (χ4v) is 3.29. The van der Waals surface area contributed by atoms with E-state index in [9.17, 15) is 0 Å². The Kier molecular flexibility index (Phi) is 2.34. The molecule has 0 unspecified atom stereocenters. The second-order valence-corrected chi connectivity index (χ2v) is 6.04. The van der Waals surface area contributed by atoms with E-state index in [0.717, 1.165) is 35.5 Å². The molecule has 3 heterocycles. The smallest absolute Gasteiger partial charge is 0.0645 e. The molecule has 0 saturated carbocycles. The van der Waals surface area contributed by atoms with E-state index in [0.29, 0.717) is 30.4 Å². The van der Waals surface area contributed by atoms with Gasteiger partial charge in [-0.25, -0.2) is 0 Å². The van der Waals surface area contributed by atoms with Gasteiger partial charge in [-0.15, -0.1) is 0 Å². The van der Waals surface area contributed by atoms with E-state index in [1.54, 1.807) is 0 Å². The molecule has 0 radical (unpaired) electrons. The molecule has 0 amide bonds. The van der Waals surface area contributed by atoms with Crippen LogP contribution >= 0.6 is 0 Å². The third kappa shape index (κ3) is 2.66. The minimum atomic E-state index is -2.59. The topological polar surface area (TPSA) is 29.9 Å². The lowest BCUT2D eigenvalue weighted by atomic mass is 10.0. The van der Waals surface area contributed by atoms with Crippen LogP contribution in [0.5, 0.6) is 0 Å². The van der Waals surface area contributed by atoms with Gasteiger partial charge in [0.2, 0.25) is 0 Å². The van der Waals surface area contributed by atoms with Crippen molar-refractivity contribution in [1.29, 1.82) is 0 Å². The van der Waals surface area contributed by atoms with Gasteiger partial charge in [-0.05, 0) is 49.5 Å². The van der Waals surface area contributed by atoms with Crippen molar-refractivity contribution in [2.75, 3.05) is 6.54 Å². The first kappa shape index (κ1) is 9.24. The normalized spacial score (nSPS) is 18.5. The second-order valence-electron chi connectivity index (χ2n) is 6.04. The van der Waals surface area contributed by atoms with Gasteiger partial charge in [-0.3, -0.25) is 4.98 Å². The first-order valence-corrected chi connectivity index (χ1v) is 7.96. The Morgan fingerprint density at radius 3 is 3.17 bits per heavy atom. The lowest BCUT2D eigenvalue weighted by Crippen LogP contribution is -2.24. The van der Waals surface area contributed by atoms with Crippen LogP contribution in [0.1, 0.15) is 36.3 Å². The highest BCUT2D eigenvalue weighted by molar-refractivity contribution is 5.86. The Labute approximate surface area is 145 Å². The highest BCUT2D eigenvalue weighted by Gasteiger charge is 2.19. The van der Waals surface area contributed by atoms with Crippen molar-refractivity contribution in [3.63, 3.8) is 0 Å². The molecule has 0 fully saturated rings. The lowest BCUT2D eigenvalue weighted by molar-refractivity contribution is 0.594. The summed E-state index contributed by atoms with van der Waals surface area (Å²) in [7, 11) is 0. The summed E-state index contributed by atoms with van der Waals surface area (Å²) in [6.45, 7) is 1.26. The molecule has 118 valence electrons. The molecule has 2 aromatic heterocycles. The molecular formula is C20H23N3. The van der Waals surface area contributed by atoms with Gasteiger partial charge in [-0.1, -0.05) is 17.7 Å². The first-order valence-electron chi connectivity index (χ1n) is 11.0. The van der Waals surface area contributed by atoms with Crippen molar-refractivity contribution in [3.05, 3.63) is 64.5 Å². The second kappa shape index (κ2) is 5.82. The van der Waals surface area contributed by atoms with Crippen LogP contribution in [0.15, 0.2) is 36.5 Å². The Balaban J connectivity index is 1.91. The summed E-state index contributed by atoms with van der Waals surface area (Å²) in [6.07, 6.45) is 3.29. The zero-order chi connectivity index (χ0) is 20.9. The third-order valence-corrected chi connectivity index (χ3v) is 4.48. The van der Waals surface area contributed by atoms with E-state index in [4.69, 9.17) is 8.22 Å². The van der Waals surface area contributed by atoms with E-state index in [2.05, 4.69) is 10.3 Å². The third-order valence-electron chi connectivity index (χ3n) is 4.48. The average molecular weight is 311 g/mol. The maximum atomic E-state index is 8.59. The zero-order valence-electron chi connectivity index (χ0n) is 19.2. The van der Waals surface area contributed by atoms with Crippen LogP contribution in [0.3, 0.4) is 0 Å². The summed E-state index contributed by atoms with van der Waals surface area (Å²) in [5.74, 6) is 0. The maximum absolute atomic E-state index is 8.59. The van der Waals surface area contributed by atoms with Crippen molar-refractivity contribution in [2.24, 2.45) is 0 Å². The van der Waals surface area contributed by atoms with Gasteiger partial charge in [0.1, 0.15) is 0 Å². The Hall–Kier alpha value is -2.13. The predicted octanol–water partition coefficient (Wildman–Crippen LogP) is 3.54. The molecule has 23 heavy (non-hydrogen) atoms. The molecule has 0 spiro atoms. The molecule has 1 aromatic carbocycles. The average Bonchev–Trinajstić information content (AvgIpc) is 3.00. The summed E-state index contributed by atoms with van der Waals surface area (Å²) in [5.41, 5.74) is 4.11. The summed E-state index contributed by atoms with van der Waals surface area (Å²) in [5, 5.41) is 3.79. The molecule has 3 heteroatoms. The standard InChI is InChI=1S/C20H23N3/c1-14-3-6-19-17(11-14)18-13-21-9-7-20(18)23(19)10-8-16-5-4-15(2)22-12-16/h3-6,11-12,21H,7-10,13H2,1-2H3/i1D3,3D,6D,11D. The predicted molar refractivity (Wildman–Crippen MR) is 94.8 cm³/mol. The number of pyridine rings is 1. The van der Waals surface area contributed by atoms with E-state index in [-0.39, 0.29) is 23.7 Å². The number of hydrogen-bond donors (Lipinski definition) is 1. The molecule has 0 atom stereocenters. The Morgan fingerprint density at radius 1 is 1.39 bits per heavy atom. The van der Waals surface area contributed by atoms with Gasteiger partial charge in [0, 0.05) is 58.7 Å². The molecule has 1 aliphatic rings.